The highest BCUT2D eigenvalue weighted by Gasteiger charge is 2.15. The van der Waals surface area contributed by atoms with Crippen molar-refractivity contribution in [1.82, 2.24) is 0 Å². The summed E-state index contributed by atoms with van der Waals surface area (Å²) in [5, 5.41) is 2.12. The molecule has 0 spiro atoms. The van der Waals surface area contributed by atoms with Crippen molar-refractivity contribution in [1.29, 1.82) is 0 Å². The molecule has 102 valence electrons. The van der Waals surface area contributed by atoms with E-state index in [-0.39, 0.29) is 0 Å². The summed E-state index contributed by atoms with van der Waals surface area (Å²) in [5.74, 6) is 0. The summed E-state index contributed by atoms with van der Waals surface area (Å²) in [4.78, 5) is 1.13. The molecule has 0 aliphatic rings. The van der Waals surface area contributed by atoms with Crippen LogP contribution in [0.25, 0.3) is 11.1 Å². The Morgan fingerprint density at radius 1 is 1.26 bits per heavy atom. The average molecular weight is 277 g/mol. The molecular formula is C14H19N3OS. The normalized spacial score (nSPS) is 10.8. The topological polar surface area (TPSA) is 87.3 Å². The van der Waals surface area contributed by atoms with Crippen molar-refractivity contribution in [3.63, 3.8) is 0 Å². The standard InChI is InChI=1S/C14H19N3OS/c1-18-5-4-9-8-19-13(7-15)14(9)11-6-10(16)2-3-12(11)17/h2-3,6,8H,4-5,7,15-17H2,1H3. The molecule has 2 aromatic rings. The smallest absolute Gasteiger partial charge is 0.0503 e. The van der Waals surface area contributed by atoms with Gasteiger partial charge < -0.3 is 21.9 Å². The van der Waals surface area contributed by atoms with E-state index in [2.05, 4.69) is 5.38 Å². The summed E-state index contributed by atoms with van der Waals surface area (Å²) in [6.07, 6.45) is 0.844. The first-order valence-corrected chi connectivity index (χ1v) is 6.99. The molecule has 0 fully saturated rings. The Morgan fingerprint density at radius 2 is 2.05 bits per heavy atom. The van der Waals surface area contributed by atoms with E-state index in [9.17, 15) is 0 Å². The number of ether oxygens (including phenoxy) is 1. The first-order chi connectivity index (χ1) is 9.17. The van der Waals surface area contributed by atoms with Crippen LogP contribution in [0.3, 0.4) is 0 Å². The van der Waals surface area contributed by atoms with E-state index in [0.29, 0.717) is 18.8 Å². The number of anilines is 2. The van der Waals surface area contributed by atoms with Crippen molar-refractivity contribution in [2.45, 2.75) is 13.0 Å². The molecule has 0 unspecified atom stereocenters. The van der Waals surface area contributed by atoms with Gasteiger partial charge in [-0.25, -0.2) is 0 Å². The molecule has 0 saturated carbocycles. The van der Waals surface area contributed by atoms with Gasteiger partial charge in [0.25, 0.3) is 0 Å². The van der Waals surface area contributed by atoms with Crippen LogP contribution in [0.1, 0.15) is 10.4 Å². The molecule has 1 aromatic carbocycles. The molecule has 5 heteroatoms. The quantitative estimate of drug-likeness (QED) is 0.731. The van der Waals surface area contributed by atoms with Gasteiger partial charge in [0.1, 0.15) is 0 Å². The van der Waals surface area contributed by atoms with Crippen LogP contribution in [0.2, 0.25) is 0 Å². The minimum absolute atomic E-state index is 0.501. The van der Waals surface area contributed by atoms with E-state index in [1.165, 1.54) is 5.56 Å². The lowest BCUT2D eigenvalue weighted by atomic mass is 9.98. The predicted octanol–water partition coefficient (Wildman–Crippen LogP) is 2.23. The number of thiophene rings is 1. The largest absolute Gasteiger partial charge is 0.399 e. The van der Waals surface area contributed by atoms with E-state index >= 15 is 0 Å². The summed E-state index contributed by atoms with van der Waals surface area (Å²) in [5.41, 5.74) is 22.5. The molecule has 0 radical (unpaired) electrons. The van der Waals surface area contributed by atoms with Crippen molar-refractivity contribution in [3.05, 3.63) is 34.0 Å². The Balaban J connectivity index is 2.52. The third kappa shape index (κ3) is 2.89. The Bertz CT molecular complexity index is 566. The van der Waals surface area contributed by atoms with Crippen molar-refractivity contribution in [2.75, 3.05) is 25.2 Å². The zero-order chi connectivity index (χ0) is 13.8. The minimum Gasteiger partial charge on any atom is -0.399 e. The molecule has 0 atom stereocenters. The van der Waals surface area contributed by atoms with Gasteiger partial charge in [0, 0.05) is 41.0 Å². The molecule has 4 nitrogen and oxygen atoms in total. The second-order valence-corrected chi connectivity index (χ2v) is 5.32. The number of nitrogen functional groups attached to an aromatic ring is 2. The number of benzene rings is 1. The molecule has 0 saturated heterocycles. The summed E-state index contributed by atoms with van der Waals surface area (Å²) < 4.78 is 5.15. The fraction of sp³-hybridized carbons (Fsp3) is 0.286. The van der Waals surface area contributed by atoms with E-state index < -0.39 is 0 Å². The van der Waals surface area contributed by atoms with E-state index in [1.807, 2.05) is 18.2 Å². The average Bonchev–Trinajstić information content (AvgIpc) is 2.82. The third-order valence-electron chi connectivity index (χ3n) is 3.05. The SMILES string of the molecule is COCCc1csc(CN)c1-c1cc(N)ccc1N. The molecule has 0 aliphatic heterocycles. The van der Waals surface area contributed by atoms with Gasteiger partial charge in [-0.05, 0) is 35.6 Å². The van der Waals surface area contributed by atoms with Crippen LogP contribution in [0.5, 0.6) is 0 Å². The van der Waals surface area contributed by atoms with Gasteiger partial charge in [0.05, 0.1) is 6.61 Å². The second-order valence-electron chi connectivity index (χ2n) is 4.35. The minimum atomic E-state index is 0.501. The van der Waals surface area contributed by atoms with Gasteiger partial charge in [0.15, 0.2) is 0 Å². The Kier molecular flexibility index (Phi) is 4.42. The lowest BCUT2D eigenvalue weighted by Crippen LogP contribution is -2.01. The Labute approximate surface area is 117 Å². The van der Waals surface area contributed by atoms with Crippen molar-refractivity contribution in [3.8, 4) is 11.1 Å². The maximum absolute atomic E-state index is 6.08. The van der Waals surface area contributed by atoms with E-state index in [4.69, 9.17) is 21.9 Å². The van der Waals surface area contributed by atoms with Gasteiger partial charge in [0.2, 0.25) is 0 Å². The van der Waals surface area contributed by atoms with Gasteiger partial charge >= 0.3 is 0 Å². The summed E-state index contributed by atoms with van der Waals surface area (Å²) >= 11 is 1.66. The fourth-order valence-corrected chi connectivity index (χ4v) is 3.07. The summed E-state index contributed by atoms with van der Waals surface area (Å²) in [6, 6.07) is 5.55. The molecular weight excluding hydrogens is 258 g/mol. The molecule has 1 aromatic heterocycles. The molecule has 19 heavy (non-hydrogen) atoms. The predicted molar refractivity (Wildman–Crippen MR) is 82.1 cm³/mol. The van der Waals surface area contributed by atoms with Crippen LogP contribution in [0.4, 0.5) is 11.4 Å². The molecule has 0 aliphatic carbocycles. The van der Waals surface area contributed by atoms with Gasteiger partial charge in [-0.15, -0.1) is 11.3 Å². The van der Waals surface area contributed by atoms with Gasteiger partial charge in [-0.3, -0.25) is 0 Å². The molecule has 0 amide bonds. The zero-order valence-corrected chi connectivity index (χ0v) is 11.8. The number of rotatable bonds is 5. The fourth-order valence-electron chi connectivity index (χ4n) is 2.10. The van der Waals surface area contributed by atoms with Crippen LogP contribution >= 0.6 is 11.3 Å². The van der Waals surface area contributed by atoms with Crippen molar-refractivity contribution in [2.24, 2.45) is 5.73 Å². The highest BCUT2D eigenvalue weighted by atomic mass is 32.1. The molecule has 2 rings (SSSR count). The maximum Gasteiger partial charge on any atom is 0.0503 e. The zero-order valence-electron chi connectivity index (χ0n) is 11.0. The Hall–Kier alpha value is -1.56. The highest BCUT2D eigenvalue weighted by Crippen LogP contribution is 2.37. The molecule has 0 bridgehead atoms. The number of nitrogens with two attached hydrogens (primary N) is 3. The van der Waals surface area contributed by atoms with Crippen LogP contribution < -0.4 is 17.2 Å². The van der Waals surface area contributed by atoms with Crippen molar-refractivity contribution >= 4 is 22.7 Å². The maximum atomic E-state index is 6.08. The lowest BCUT2D eigenvalue weighted by Gasteiger charge is -2.11. The van der Waals surface area contributed by atoms with Crippen molar-refractivity contribution < 1.29 is 4.74 Å². The second kappa shape index (κ2) is 6.06. The lowest BCUT2D eigenvalue weighted by molar-refractivity contribution is 0.202. The highest BCUT2D eigenvalue weighted by molar-refractivity contribution is 7.10. The van der Waals surface area contributed by atoms with Crippen LogP contribution in [-0.4, -0.2) is 13.7 Å². The summed E-state index contributed by atoms with van der Waals surface area (Å²) in [6.45, 7) is 1.18. The molecule has 1 heterocycles. The third-order valence-corrected chi connectivity index (χ3v) is 4.11. The first-order valence-electron chi connectivity index (χ1n) is 6.11. The number of methoxy groups -OCH3 is 1. The first kappa shape index (κ1) is 13.9. The number of hydrogen-bond acceptors (Lipinski definition) is 5. The van der Waals surface area contributed by atoms with Gasteiger partial charge in [-0.1, -0.05) is 0 Å². The summed E-state index contributed by atoms with van der Waals surface area (Å²) in [7, 11) is 1.70. The monoisotopic (exact) mass is 277 g/mol. The number of hydrogen-bond donors (Lipinski definition) is 3. The van der Waals surface area contributed by atoms with Gasteiger partial charge in [-0.2, -0.15) is 0 Å². The van der Waals surface area contributed by atoms with E-state index in [1.54, 1.807) is 18.4 Å². The van der Waals surface area contributed by atoms with Crippen LogP contribution in [-0.2, 0) is 17.7 Å². The van der Waals surface area contributed by atoms with Crippen LogP contribution in [0, 0.1) is 0 Å². The Morgan fingerprint density at radius 3 is 2.74 bits per heavy atom. The van der Waals surface area contributed by atoms with Crippen LogP contribution in [0.15, 0.2) is 23.6 Å². The molecule has 6 N–H and O–H groups in total. The van der Waals surface area contributed by atoms with E-state index in [0.717, 1.165) is 28.1 Å².